The molecule has 88 valence electrons. The fourth-order valence-corrected chi connectivity index (χ4v) is 2.45. The van der Waals surface area contributed by atoms with E-state index in [1.807, 2.05) is 6.07 Å². The van der Waals surface area contributed by atoms with Crippen molar-refractivity contribution in [2.75, 3.05) is 19.3 Å². The van der Waals surface area contributed by atoms with Crippen molar-refractivity contribution in [1.82, 2.24) is 10.0 Å². The molecule has 7 heteroatoms. The summed E-state index contributed by atoms with van der Waals surface area (Å²) in [5.74, 6) is 0.0555. The maximum atomic E-state index is 11.1. The van der Waals surface area contributed by atoms with Gasteiger partial charge in [-0.1, -0.05) is 0 Å². The molecule has 0 aliphatic rings. The van der Waals surface area contributed by atoms with Crippen LogP contribution in [-0.2, 0) is 16.6 Å². The number of sulfonamides is 1. The van der Waals surface area contributed by atoms with Crippen molar-refractivity contribution < 1.29 is 8.42 Å². The fourth-order valence-electron chi connectivity index (χ4n) is 1.05. The Morgan fingerprint density at radius 2 is 2.31 bits per heavy atom. The molecule has 0 bridgehead atoms. The monoisotopic (exact) mass is 259 g/mol. The van der Waals surface area contributed by atoms with Crippen LogP contribution in [0.25, 0.3) is 0 Å². The highest BCUT2D eigenvalue weighted by Gasteiger charge is 2.05. The molecule has 16 heavy (non-hydrogen) atoms. The molecular weight excluding hydrogens is 246 g/mol. The van der Waals surface area contributed by atoms with Gasteiger partial charge < -0.3 is 5.32 Å². The van der Waals surface area contributed by atoms with Crippen LogP contribution in [0.15, 0.2) is 11.4 Å². The van der Waals surface area contributed by atoms with Gasteiger partial charge in [-0.25, -0.2) is 13.1 Å². The normalized spacial score (nSPS) is 11.2. The first-order chi connectivity index (χ1) is 7.57. The van der Waals surface area contributed by atoms with E-state index in [0.29, 0.717) is 18.7 Å². The summed E-state index contributed by atoms with van der Waals surface area (Å²) in [5.41, 5.74) is 0.643. The van der Waals surface area contributed by atoms with E-state index in [2.05, 4.69) is 10.0 Å². The highest BCUT2D eigenvalue weighted by molar-refractivity contribution is 7.89. The van der Waals surface area contributed by atoms with Crippen molar-refractivity contribution in [1.29, 1.82) is 5.26 Å². The first-order valence-electron chi connectivity index (χ1n) is 4.67. The van der Waals surface area contributed by atoms with Crippen LogP contribution in [0.4, 0.5) is 0 Å². The molecule has 0 atom stereocenters. The van der Waals surface area contributed by atoms with Gasteiger partial charge in [0, 0.05) is 23.3 Å². The fraction of sp³-hybridized carbons (Fsp3) is 0.444. The van der Waals surface area contributed by atoms with Gasteiger partial charge in [-0.05, 0) is 13.1 Å². The van der Waals surface area contributed by atoms with Gasteiger partial charge in [-0.15, -0.1) is 11.3 Å². The molecule has 0 saturated carbocycles. The molecule has 0 unspecified atom stereocenters. The summed E-state index contributed by atoms with van der Waals surface area (Å²) in [6, 6.07) is 3.84. The van der Waals surface area contributed by atoms with Crippen molar-refractivity contribution in [3.63, 3.8) is 0 Å². The average Bonchev–Trinajstić information content (AvgIpc) is 2.72. The Morgan fingerprint density at radius 1 is 1.56 bits per heavy atom. The lowest BCUT2D eigenvalue weighted by Crippen LogP contribution is -2.29. The molecule has 2 N–H and O–H groups in total. The van der Waals surface area contributed by atoms with Crippen LogP contribution in [0.5, 0.6) is 0 Å². The molecule has 0 aromatic carbocycles. The maximum Gasteiger partial charge on any atom is 0.212 e. The van der Waals surface area contributed by atoms with Gasteiger partial charge in [0.25, 0.3) is 0 Å². The van der Waals surface area contributed by atoms with Gasteiger partial charge in [0.05, 0.1) is 11.3 Å². The molecular formula is C9H13N3O2S2. The molecule has 0 spiro atoms. The van der Waals surface area contributed by atoms with Gasteiger partial charge in [0.15, 0.2) is 0 Å². The SMILES string of the molecule is CNS(=O)(=O)CCNCc1cc(C#N)cs1. The van der Waals surface area contributed by atoms with E-state index in [1.165, 1.54) is 18.4 Å². The lowest BCUT2D eigenvalue weighted by Gasteiger charge is -2.03. The molecule has 1 heterocycles. The highest BCUT2D eigenvalue weighted by Crippen LogP contribution is 2.12. The lowest BCUT2D eigenvalue weighted by molar-refractivity contribution is 0.583. The van der Waals surface area contributed by atoms with Crippen molar-refractivity contribution >= 4 is 21.4 Å². The van der Waals surface area contributed by atoms with E-state index in [9.17, 15) is 8.42 Å². The van der Waals surface area contributed by atoms with Crippen molar-refractivity contribution in [2.24, 2.45) is 0 Å². The Hall–Kier alpha value is -0.940. The van der Waals surface area contributed by atoms with Crippen molar-refractivity contribution in [3.8, 4) is 6.07 Å². The summed E-state index contributed by atoms with van der Waals surface area (Å²) in [6.45, 7) is 0.981. The van der Waals surface area contributed by atoms with E-state index in [1.54, 1.807) is 11.4 Å². The van der Waals surface area contributed by atoms with E-state index in [-0.39, 0.29) is 5.75 Å². The summed E-state index contributed by atoms with van der Waals surface area (Å²) in [5, 5.41) is 13.4. The second-order valence-electron chi connectivity index (χ2n) is 3.11. The number of nitrogens with zero attached hydrogens (tertiary/aromatic N) is 1. The number of nitriles is 1. The summed E-state index contributed by atoms with van der Waals surface area (Å²) in [4.78, 5) is 1.03. The molecule has 0 fully saturated rings. The molecule has 0 radical (unpaired) electrons. The summed E-state index contributed by atoms with van der Waals surface area (Å²) in [6.07, 6.45) is 0. The highest BCUT2D eigenvalue weighted by atomic mass is 32.2. The standard InChI is InChI=1S/C9H13N3O2S2/c1-11-16(13,14)3-2-12-6-9-4-8(5-10)7-15-9/h4,7,11-12H,2-3,6H2,1H3. The third-order valence-corrected chi connectivity index (χ3v) is 4.24. The van der Waals surface area contributed by atoms with Gasteiger partial charge >= 0.3 is 0 Å². The predicted octanol–water partition coefficient (Wildman–Crippen LogP) is 0.259. The summed E-state index contributed by atoms with van der Waals surface area (Å²) >= 11 is 1.49. The third-order valence-electron chi connectivity index (χ3n) is 1.94. The third kappa shape index (κ3) is 4.28. The van der Waals surface area contributed by atoms with E-state index >= 15 is 0 Å². The minimum Gasteiger partial charge on any atom is -0.311 e. The first kappa shape index (κ1) is 13.1. The van der Waals surface area contributed by atoms with E-state index in [0.717, 1.165) is 4.88 Å². The molecule has 0 amide bonds. The second kappa shape index (κ2) is 5.96. The number of thiophene rings is 1. The Labute approximate surface area is 99.1 Å². The van der Waals surface area contributed by atoms with Crippen LogP contribution in [0.1, 0.15) is 10.4 Å². The molecule has 0 aliphatic carbocycles. The Kier molecular flexibility index (Phi) is 4.89. The Balaban J connectivity index is 2.29. The topological polar surface area (TPSA) is 82.0 Å². The van der Waals surface area contributed by atoms with Gasteiger partial charge in [0.1, 0.15) is 6.07 Å². The van der Waals surface area contributed by atoms with Crippen LogP contribution in [0.3, 0.4) is 0 Å². The average molecular weight is 259 g/mol. The van der Waals surface area contributed by atoms with E-state index in [4.69, 9.17) is 5.26 Å². The van der Waals surface area contributed by atoms with Gasteiger partial charge in [0.2, 0.25) is 10.0 Å². The lowest BCUT2D eigenvalue weighted by atomic mass is 10.3. The molecule has 5 nitrogen and oxygen atoms in total. The molecule has 0 aliphatic heterocycles. The number of nitrogens with one attached hydrogen (secondary N) is 2. The smallest absolute Gasteiger partial charge is 0.212 e. The largest absolute Gasteiger partial charge is 0.311 e. The molecule has 1 aromatic heterocycles. The van der Waals surface area contributed by atoms with Crippen LogP contribution in [0, 0.1) is 11.3 Å². The first-order valence-corrected chi connectivity index (χ1v) is 7.20. The zero-order chi connectivity index (χ0) is 12.0. The number of hydrogen-bond donors (Lipinski definition) is 2. The Morgan fingerprint density at radius 3 is 2.88 bits per heavy atom. The Bertz CT molecular complexity index is 473. The van der Waals surface area contributed by atoms with Gasteiger partial charge in [-0.2, -0.15) is 5.26 Å². The van der Waals surface area contributed by atoms with Crippen molar-refractivity contribution in [3.05, 3.63) is 21.9 Å². The molecule has 0 saturated heterocycles. The van der Waals surface area contributed by atoms with E-state index < -0.39 is 10.0 Å². The minimum absolute atomic E-state index is 0.0555. The predicted molar refractivity (Wildman–Crippen MR) is 63.6 cm³/mol. The summed E-state index contributed by atoms with van der Waals surface area (Å²) in [7, 11) is -1.74. The van der Waals surface area contributed by atoms with Crippen LogP contribution in [-0.4, -0.2) is 27.8 Å². The maximum absolute atomic E-state index is 11.1. The van der Waals surface area contributed by atoms with Crippen LogP contribution >= 0.6 is 11.3 Å². The quantitative estimate of drug-likeness (QED) is 0.718. The van der Waals surface area contributed by atoms with Crippen molar-refractivity contribution in [2.45, 2.75) is 6.54 Å². The number of rotatable bonds is 6. The second-order valence-corrected chi connectivity index (χ2v) is 6.16. The molecule has 1 aromatic rings. The van der Waals surface area contributed by atoms with Gasteiger partial charge in [-0.3, -0.25) is 0 Å². The zero-order valence-corrected chi connectivity index (χ0v) is 10.5. The van der Waals surface area contributed by atoms with Crippen LogP contribution < -0.4 is 10.0 Å². The number of hydrogen-bond acceptors (Lipinski definition) is 5. The zero-order valence-electron chi connectivity index (χ0n) is 8.86. The molecule has 1 rings (SSSR count). The summed E-state index contributed by atoms with van der Waals surface area (Å²) < 4.78 is 24.4. The van der Waals surface area contributed by atoms with Crippen LogP contribution in [0.2, 0.25) is 0 Å². The minimum atomic E-state index is -3.13.